The summed E-state index contributed by atoms with van der Waals surface area (Å²) in [5, 5.41) is 16.0. The van der Waals surface area contributed by atoms with Gasteiger partial charge in [-0.15, -0.1) is 10.2 Å². The molecule has 0 bridgehead atoms. The van der Waals surface area contributed by atoms with E-state index in [0.717, 1.165) is 68.6 Å². The fourth-order valence-electron chi connectivity index (χ4n) is 2.94. The molecule has 2 aromatic heterocycles. The maximum Gasteiger partial charge on any atom is 0.226 e. The van der Waals surface area contributed by atoms with Crippen LogP contribution < -0.4 is 5.32 Å². The van der Waals surface area contributed by atoms with Gasteiger partial charge in [0.1, 0.15) is 11.6 Å². The Hall–Kier alpha value is -1.76. The summed E-state index contributed by atoms with van der Waals surface area (Å²) in [5.74, 6) is 4.32. The van der Waals surface area contributed by atoms with Crippen LogP contribution in [0.2, 0.25) is 0 Å². The largest absolute Gasteiger partial charge is 0.339 e. The molecule has 7 nitrogen and oxygen atoms in total. The second kappa shape index (κ2) is 7.00. The van der Waals surface area contributed by atoms with Gasteiger partial charge in [0.25, 0.3) is 0 Å². The molecule has 3 heterocycles. The molecule has 0 saturated carbocycles. The molecule has 0 radical (unpaired) electrons. The molecule has 1 aliphatic rings. The Morgan fingerprint density at radius 1 is 1.32 bits per heavy atom. The van der Waals surface area contributed by atoms with E-state index in [9.17, 15) is 0 Å². The van der Waals surface area contributed by atoms with Gasteiger partial charge in [0, 0.05) is 32.4 Å². The summed E-state index contributed by atoms with van der Waals surface area (Å²) in [4.78, 5) is 4.37. The lowest BCUT2D eigenvalue weighted by molar-refractivity contribution is 0.338. The van der Waals surface area contributed by atoms with Crippen LogP contribution >= 0.6 is 0 Å². The monoisotopic (exact) mass is 304 g/mol. The average Bonchev–Trinajstić information content (AvgIpc) is 3.14. The summed E-state index contributed by atoms with van der Waals surface area (Å²) in [6.07, 6.45) is 4.99. The van der Waals surface area contributed by atoms with Gasteiger partial charge < -0.3 is 14.4 Å². The lowest BCUT2D eigenvalue weighted by Gasteiger charge is -2.24. The van der Waals surface area contributed by atoms with Crippen molar-refractivity contribution in [3.05, 3.63) is 23.4 Å². The van der Waals surface area contributed by atoms with Crippen LogP contribution in [0, 0.1) is 5.92 Å². The number of fused-ring (bicyclic) bond motifs is 1. The summed E-state index contributed by atoms with van der Waals surface area (Å²) in [6.45, 7) is 6.86. The minimum absolute atomic E-state index is 0.607. The van der Waals surface area contributed by atoms with E-state index >= 15 is 0 Å². The molecule has 3 rings (SSSR count). The molecule has 120 valence electrons. The summed E-state index contributed by atoms with van der Waals surface area (Å²) < 4.78 is 7.47. The van der Waals surface area contributed by atoms with E-state index in [-0.39, 0.29) is 0 Å². The van der Waals surface area contributed by atoms with Gasteiger partial charge in [0.15, 0.2) is 5.82 Å². The Morgan fingerprint density at radius 3 is 3.05 bits per heavy atom. The van der Waals surface area contributed by atoms with Crippen LogP contribution in [0.4, 0.5) is 0 Å². The molecule has 0 aliphatic carbocycles. The molecule has 1 aliphatic heterocycles. The molecule has 1 unspecified atom stereocenters. The maximum absolute atomic E-state index is 5.19. The van der Waals surface area contributed by atoms with E-state index in [4.69, 9.17) is 4.52 Å². The minimum Gasteiger partial charge on any atom is -0.339 e. The zero-order valence-electron chi connectivity index (χ0n) is 13.4. The van der Waals surface area contributed by atoms with Crippen molar-refractivity contribution in [1.29, 1.82) is 0 Å². The first-order chi connectivity index (χ1) is 10.8. The van der Waals surface area contributed by atoms with E-state index in [1.54, 1.807) is 0 Å². The number of aryl methyl sites for hydroxylation is 3. The molecule has 1 N–H and O–H groups in total. The third-order valence-corrected chi connectivity index (χ3v) is 4.13. The summed E-state index contributed by atoms with van der Waals surface area (Å²) in [7, 11) is 0. The molecule has 7 heteroatoms. The van der Waals surface area contributed by atoms with Crippen molar-refractivity contribution in [3.63, 3.8) is 0 Å². The summed E-state index contributed by atoms with van der Waals surface area (Å²) in [5.41, 5.74) is 0. The van der Waals surface area contributed by atoms with Gasteiger partial charge in [-0.3, -0.25) is 0 Å². The third-order valence-electron chi connectivity index (χ3n) is 4.13. The molecule has 0 spiro atoms. The summed E-state index contributed by atoms with van der Waals surface area (Å²) >= 11 is 0. The highest BCUT2D eigenvalue weighted by Gasteiger charge is 2.22. The molecule has 0 aromatic carbocycles. The van der Waals surface area contributed by atoms with Crippen LogP contribution in [0.3, 0.4) is 0 Å². The van der Waals surface area contributed by atoms with Crippen LogP contribution in [-0.4, -0.2) is 31.4 Å². The highest BCUT2D eigenvalue weighted by Crippen LogP contribution is 2.19. The van der Waals surface area contributed by atoms with E-state index < -0.39 is 0 Å². The van der Waals surface area contributed by atoms with Crippen LogP contribution in [0.5, 0.6) is 0 Å². The van der Waals surface area contributed by atoms with Crippen molar-refractivity contribution in [2.75, 3.05) is 6.54 Å². The van der Waals surface area contributed by atoms with Gasteiger partial charge in [0.2, 0.25) is 5.89 Å². The number of nitrogens with zero attached hydrogens (tertiary/aromatic N) is 5. The second-order valence-electron chi connectivity index (χ2n) is 5.89. The fourth-order valence-corrected chi connectivity index (χ4v) is 2.94. The fraction of sp³-hybridized carbons (Fsp3) is 0.733. The number of aromatic nitrogens is 5. The minimum atomic E-state index is 0.607. The lowest BCUT2D eigenvalue weighted by Crippen LogP contribution is -2.30. The Labute approximate surface area is 130 Å². The highest BCUT2D eigenvalue weighted by molar-refractivity contribution is 5.00. The molecule has 22 heavy (non-hydrogen) atoms. The van der Waals surface area contributed by atoms with E-state index in [1.807, 2.05) is 0 Å². The van der Waals surface area contributed by atoms with Crippen molar-refractivity contribution in [2.24, 2.45) is 5.92 Å². The molecule has 0 fully saturated rings. The van der Waals surface area contributed by atoms with Crippen molar-refractivity contribution in [2.45, 2.75) is 59.0 Å². The van der Waals surface area contributed by atoms with Gasteiger partial charge in [-0.05, 0) is 18.8 Å². The Kier molecular flexibility index (Phi) is 4.82. The van der Waals surface area contributed by atoms with Crippen LogP contribution in [-0.2, 0) is 32.4 Å². The number of hydrogen-bond donors (Lipinski definition) is 1. The molecule has 1 atom stereocenters. The number of hydrogen-bond acceptors (Lipinski definition) is 6. The van der Waals surface area contributed by atoms with Gasteiger partial charge >= 0.3 is 0 Å². The predicted molar refractivity (Wildman–Crippen MR) is 81.2 cm³/mol. The Balaban J connectivity index is 1.48. The smallest absolute Gasteiger partial charge is 0.226 e. The third kappa shape index (κ3) is 3.35. The van der Waals surface area contributed by atoms with Gasteiger partial charge in [0.05, 0.1) is 6.54 Å². The van der Waals surface area contributed by atoms with Gasteiger partial charge in [-0.25, -0.2) is 0 Å². The SMILES string of the molecule is CCCc1nc(CNCC2CCc3nnc(CC)n3C2)no1. The molecular formula is C15H24N6O. The number of rotatable bonds is 7. The lowest BCUT2D eigenvalue weighted by atomic mass is 9.99. The normalized spacial score (nSPS) is 17.6. The van der Waals surface area contributed by atoms with E-state index in [2.05, 4.69) is 44.1 Å². The average molecular weight is 304 g/mol. The highest BCUT2D eigenvalue weighted by atomic mass is 16.5. The number of nitrogens with one attached hydrogen (secondary N) is 1. The van der Waals surface area contributed by atoms with Crippen LogP contribution in [0.25, 0.3) is 0 Å². The first kappa shape index (κ1) is 15.1. The standard InChI is InChI=1S/C15H24N6O/c1-3-5-15-17-12(20-22-15)9-16-8-11-6-7-14-19-18-13(4-2)21(14)10-11/h11,16H,3-10H2,1-2H3. The van der Waals surface area contributed by atoms with Crippen molar-refractivity contribution >= 4 is 0 Å². The Morgan fingerprint density at radius 2 is 2.23 bits per heavy atom. The second-order valence-corrected chi connectivity index (χ2v) is 5.89. The summed E-state index contributed by atoms with van der Waals surface area (Å²) in [6, 6.07) is 0. The van der Waals surface area contributed by atoms with Gasteiger partial charge in [-0.2, -0.15) is 4.98 Å². The molecular weight excluding hydrogens is 280 g/mol. The predicted octanol–water partition coefficient (Wildman–Crippen LogP) is 1.53. The first-order valence-corrected chi connectivity index (χ1v) is 8.23. The topological polar surface area (TPSA) is 81.7 Å². The first-order valence-electron chi connectivity index (χ1n) is 8.23. The zero-order chi connectivity index (χ0) is 15.4. The van der Waals surface area contributed by atoms with Crippen molar-refractivity contribution in [3.8, 4) is 0 Å². The van der Waals surface area contributed by atoms with Gasteiger partial charge in [-0.1, -0.05) is 19.0 Å². The zero-order valence-corrected chi connectivity index (χ0v) is 13.4. The van der Waals surface area contributed by atoms with Crippen molar-refractivity contribution < 1.29 is 4.52 Å². The van der Waals surface area contributed by atoms with Crippen molar-refractivity contribution in [1.82, 2.24) is 30.2 Å². The maximum atomic E-state index is 5.19. The van der Waals surface area contributed by atoms with Crippen LogP contribution in [0.15, 0.2) is 4.52 Å². The molecule has 2 aromatic rings. The quantitative estimate of drug-likeness (QED) is 0.835. The molecule has 0 saturated heterocycles. The molecule has 0 amide bonds. The van der Waals surface area contributed by atoms with E-state index in [0.29, 0.717) is 12.5 Å². The Bertz CT molecular complexity index is 591. The van der Waals surface area contributed by atoms with E-state index in [1.165, 1.54) is 0 Å². The van der Waals surface area contributed by atoms with Crippen LogP contribution in [0.1, 0.15) is 50.1 Å².